The van der Waals surface area contributed by atoms with E-state index in [0.29, 0.717) is 28.7 Å². The molecule has 0 fully saturated rings. The molecule has 4 rings (SSSR count). The molecule has 0 bridgehead atoms. The lowest BCUT2D eigenvalue weighted by molar-refractivity contribution is -0.122. The van der Waals surface area contributed by atoms with Crippen molar-refractivity contribution in [1.29, 1.82) is 0 Å². The molecule has 2 amide bonds. The number of fused-ring (bicyclic) bond motifs is 1. The number of para-hydroxylation sites is 1. The first-order valence-electron chi connectivity index (χ1n) is 10.0. The largest absolute Gasteiger partial charge is 0.496 e. The van der Waals surface area contributed by atoms with Crippen molar-refractivity contribution in [2.24, 2.45) is 0 Å². The first-order valence-corrected chi connectivity index (χ1v) is 11.2. The number of methoxy groups -OCH3 is 1. The van der Waals surface area contributed by atoms with Crippen LogP contribution in [0.3, 0.4) is 0 Å². The van der Waals surface area contributed by atoms with Crippen LogP contribution in [0.1, 0.15) is 38.8 Å². The number of rotatable bonds is 7. The summed E-state index contributed by atoms with van der Waals surface area (Å²) in [6.07, 6.45) is 2.21. The lowest BCUT2D eigenvalue weighted by Gasteiger charge is -2.12. The first-order chi connectivity index (χ1) is 15.0. The number of halogens is 1. The van der Waals surface area contributed by atoms with Gasteiger partial charge in [-0.15, -0.1) is 11.3 Å². The Kier molecular flexibility index (Phi) is 6.53. The third-order valence-corrected chi connectivity index (χ3v) is 6.55. The third-order valence-electron chi connectivity index (χ3n) is 5.25. The van der Waals surface area contributed by atoms with Crippen molar-refractivity contribution in [3.05, 3.63) is 75.3 Å². The van der Waals surface area contributed by atoms with Crippen molar-refractivity contribution >= 4 is 39.9 Å². The van der Waals surface area contributed by atoms with Crippen molar-refractivity contribution in [3.8, 4) is 5.75 Å². The van der Waals surface area contributed by atoms with E-state index in [2.05, 4.69) is 15.6 Å². The number of benzene rings is 2. The number of nitrogens with zero attached hydrogens (tertiary/aromatic N) is 1. The molecular weight excluding hydrogens is 434 g/mol. The van der Waals surface area contributed by atoms with Crippen LogP contribution in [-0.2, 0) is 17.6 Å². The number of ether oxygens (including phenoxy) is 1. The number of amides is 2. The van der Waals surface area contributed by atoms with Gasteiger partial charge in [-0.25, -0.2) is 4.98 Å². The fraction of sp³-hybridized carbons (Fsp3) is 0.261. The van der Waals surface area contributed by atoms with Crippen molar-refractivity contribution in [2.75, 3.05) is 19.0 Å². The molecular formula is C23H22ClN3O3S. The van der Waals surface area contributed by atoms with Crippen LogP contribution in [-0.4, -0.2) is 30.5 Å². The maximum atomic E-state index is 12.8. The molecule has 1 heterocycles. The first kappa shape index (κ1) is 21.3. The number of hydrogen-bond donors (Lipinski definition) is 2. The summed E-state index contributed by atoms with van der Waals surface area (Å²) in [6.45, 7) is 0.523. The molecule has 2 aromatic carbocycles. The fourth-order valence-electron chi connectivity index (χ4n) is 3.66. The molecule has 1 aliphatic rings. The van der Waals surface area contributed by atoms with E-state index in [0.717, 1.165) is 34.7 Å². The molecule has 1 aromatic heterocycles. The van der Waals surface area contributed by atoms with Crippen molar-refractivity contribution < 1.29 is 14.3 Å². The summed E-state index contributed by atoms with van der Waals surface area (Å²) in [5.74, 6) is 0.252. The second kappa shape index (κ2) is 9.49. The molecule has 1 atom stereocenters. The second-order valence-electron chi connectivity index (χ2n) is 7.23. The van der Waals surface area contributed by atoms with Crippen LogP contribution >= 0.6 is 22.9 Å². The maximum Gasteiger partial charge on any atom is 0.257 e. The minimum atomic E-state index is -0.287. The van der Waals surface area contributed by atoms with Gasteiger partial charge in [0, 0.05) is 22.0 Å². The van der Waals surface area contributed by atoms with Gasteiger partial charge in [-0.1, -0.05) is 29.8 Å². The highest BCUT2D eigenvalue weighted by Gasteiger charge is 2.32. The summed E-state index contributed by atoms with van der Waals surface area (Å²) >= 11 is 7.30. The Labute approximate surface area is 189 Å². The van der Waals surface area contributed by atoms with E-state index in [9.17, 15) is 9.59 Å². The number of hydrogen-bond acceptors (Lipinski definition) is 5. The predicted octanol–water partition coefficient (Wildman–Crippen LogP) is 4.45. The third kappa shape index (κ3) is 4.89. The standard InChI is InChI=1S/C23H22ClN3O3S/c1-30-18-5-3-2-4-14(18)12-13-25-22(29)17-10-11-19-20(17)26-23(31-19)27-21(28)15-6-8-16(24)9-7-15/h2-9,17H,10-13H2,1H3,(H,25,29)(H,26,27,28). The highest BCUT2D eigenvalue weighted by Crippen LogP contribution is 2.38. The summed E-state index contributed by atoms with van der Waals surface area (Å²) < 4.78 is 5.36. The molecule has 1 aliphatic carbocycles. The molecule has 31 heavy (non-hydrogen) atoms. The number of carbonyl (C=O) groups excluding carboxylic acids is 2. The van der Waals surface area contributed by atoms with Crippen LogP contribution in [0.2, 0.25) is 5.02 Å². The van der Waals surface area contributed by atoms with Gasteiger partial charge in [0.1, 0.15) is 5.75 Å². The summed E-state index contributed by atoms with van der Waals surface area (Å²) in [4.78, 5) is 30.8. The van der Waals surface area contributed by atoms with E-state index in [1.807, 2.05) is 24.3 Å². The predicted molar refractivity (Wildman–Crippen MR) is 122 cm³/mol. The van der Waals surface area contributed by atoms with Gasteiger partial charge in [-0.3, -0.25) is 14.9 Å². The molecule has 0 saturated carbocycles. The van der Waals surface area contributed by atoms with E-state index in [-0.39, 0.29) is 17.7 Å². The molecule has 0 radical (unpaired) electrons. The minimum Gasteiger partial charge on any atom is -0.496 e. The monoisotopic (exact) mass is 455 g/mol. The highest BCUT2D eigenvalue weighted by molar-refractivity contribution is 7.16. The Morgan fingerprint density at radius 1 is 1.19 bits per heavy atom. The molecule has 0 saturated heterocycles. The van der Waals surface area contributed by atoms with E-state index < -0.39 is 0 Å². The average molecular weight is 456 g/mol. The maximum absolute atomic E-state index is 12.8. The smallest absolute Gasteiger partial charge is 0.257 e. The zero-order chi connectivity index (χ0) is 21.8. The number of anilines is 1. The number of aromatic nitrogens is 1. The Morgan fingerprint density at radius 3 is 2.74 bits per heavy atom. The summed E-state index contributed by atoms with van der Waals surface area (Å²) in [7, 11) is 1.64. The second-order valence-corrected chi connectivity index (χ2v) is 8.75. The van der Waals surface area contributed by atoms with Gasteiger partial charge in [-0.2, -0.15) is 0 Å². The molecule has 2 N–H and O–H groups in total. The Morgan fingerprint density at radius 2 is 1.97 bits per heavy atom. The van der Waals surface area contributed by atoms with Crippen molar-refractivity contribution in [1.82, 2.24) is 10.3 Å². The molecule has 6 nitrogen and oxygen atoms in total. The Hall–Kier alpha value is -2.90. The van der Waals surface area contributed by atoms with E-state index >= 15 is 0 Å². The Bertz CT molecular complexity index is 1100. The van der Waals surface area contributed by atoms with Crippen molar-refractivity contribution in [2.45, 2.75) is 25.2 Å². The normalized spacial score (nSPS) is 14.7. The fourth-order valence-corrected chi connectivity index (χ4v) is 4.82. The van der Waals surface area contributed by atoms with Crippen LogP contribution < -0.4 is 15.4 Å². The van der Waals surface area contributed by atoms with E-state index in [1.54, 1.807) is 31.4 Å². The zero-order valence-corrected chi connectivity index (χ0v) is 18.6. The minimum absolute atomic E-state index is 0.0328. The average Bonchev–Trinajstić information content (AvgIpc) is 3.34. The lowest BCUT2D eigenvalue weighted by atomic mass is 10.1. The molecule has 1 unspecified atom stereocenters. The van der Waals surface area contributed by atoms with Gasteiger partial charge in [0.05, 0.1) is 18.7 Å². The van der Waals surface area contributed by atoms with Crippen LogP contribution in [0.15, 0.2) is 48.5 Å². The van der Waals surface area contributed by atoms with Gasteiger partial charge in [0.15, 0.2) is 5.13 Å². The summed E-state index contributed by atoms with van der Waals surface area (Å²) in [5, 5.41) is 6.92. The van der Waals surface area contributed by atoms with Crippen molar-refractivity contribution in [3.63, 3.8) is 0 Å². The van der Waals surface area contributed by atoms with Crippen LogP contribution in [0.4, 0.5) is 5.13 Å². The van der Waals surface area contributed by atoms with Crippen LogP contribution in [0.5, 0.6) is 5.75 Å². The number of carbonyl (C=O) groups is 2. The van der Waals surface area contributed by atoms with E-state index in [4.69, 9.17) is 16.3 Å². The van der Waals surface area contributed by atoms with Gasteiger partial charge in [0.25, 0.3) is 5.91 Å². The topological polar surface area (TPSA) is 80.3 Å². The Balaban J connectivity index is 1.36. The van der Waals surface area contributed by atoms with Gasteiger partial charge >= 0.3 is 0 Å². The zero-order valence-electron chi connectivity index (χ0n) is 17.0. The highest BCUT2D eigenvalue weighted by atomic mass is 35.5. The molecule has 3 aromatic rings. The SMILES string of the molecule is COc1ccccc1CCNC(=O)C1CCc2sc(NC(=O)c3ccc(Cl)cc3)nc21. The van der Waals surface area contributed by atoms with Crippen LogP contribution in [0, 0.1) is 0 Å². The summed E-state index contributed by atoms with van der Waals surface area (Å²) in [6, 6.07) is 14.5. The summed E-state index contributed by atoms with van der Waals surface area (Å²) in [5.41, 5.74) is 2.33. The quantitative estimate of drug-likeness (QED) is 0.551. The molecule has 8 heteroatoms. The molecule has 160 valence electrons. The number of nitrogens with one attached hydrogen (secondary N) is 2. The molecule has 0 aliphatic heterocycles. The number of aryl methyl sites for hydroxylation is 1. The van der Waals surface area contributed by atoms with E-state index in [1.165, 1.54) is 11.3 Å². The lowest BCUT2D eigenvalue weighted by Crippen LogP contribution is -2.30. The number of thiazole rings is 1. The van der Waals surface area contributed by atoms with Gasteiger partial charge < -0.3 is 10.1 Å². The van der Waals surface area contributed by atoms with Gasteiger partial charge in [-0.05, 0) is 55.2 Å². The van der Waals surface area contributed by atoms with Crippen LogP contribution in [0.25, 0.3) is 0 Å². The van der Waals surface area contributed by atoms with Gasteiger partial charge in [0.2, 0.25) is 5.91 Å². The molecule has 0 spiro atoms.